The van der Waals surface area contributed by atoms with E-state index in [1.807, 2.05) is 6.07 Å². The summed E-state index contributed by atoms with van der Waals surface area (Å²) in [6.45, 7) is 2.09. The van der Waals surface area contributed by atoms with Gasteiger partial charge < -0.3 is 5.32 Å². The quantitative estimate of drug-likeness (QED) is 0.843. The first kappa shape index (κ1) is 13.4. The minimum atomic E-state index is 0.779. The molecule has 0 unspecified atom stereocenters. The smallest absolute Gasteiger partial charge is 0.0548 e. The van der Waals surface area contributed by atoms with Crippen LogP contribution in [0.15, 0.2) is 22.7 Å². The molecule has 1 saturated carbocycles. The summed E-state index contributed by atoms with van der Waals surface area (Å²) in [5.41, 5.74) is 1.29. The van der Waals surface area contributed by atoms with Crippen LogP contribution in [0, 0.1) is 5.92 Å². The third-order valence-corrected chi connectivity index (χ3v) is 4.68. The van der Waals surface area contributed by atoms with Crippen LogP contribution in [0.5, 0.6) is 0 Å². The third kappa shape index (κ3) is 4.27. The molecule has 2 rings (SSSR count). The van der Waals surface area contributed by atoms with Gasteiger partial charge in [0.2, 0.25) is 0 Å². The Morgan fingerprint density at radius 3 is 2.71 bits per heavy atom. The summed E-state index contributed by atoms with van der Waals surface area (Å²) < 4.78 is 0.983. The van der Waals surface area contributed by atoms with Crippen LogP contribution in [0.4, 0.5) is 0 Å². The first-order valence-corrected chi connectivity index (χ1v) is 7.57. The lowest BCUT2D eigenvalue weighted by Gasteiger charge is -2.21. The van der Waals surface area contributed by atoms with Crippen molar-refractivity contribution in [1.82, 2.24) is 5.32 Å². The SMILES string of the molecule is Clc1ccc(CNCC2CCCCC2)cc1Br. The molecule has 1 fully saturated rings. The van der Waals surface area contributed by atoms with Crippen molar-refractivity contribution >= 4 is 27.5 Å². The predicted molar refractivity (Wildman–Crippen MR) is 77.4 cm³/mol. The Morgan fingerprint density at radius 1 is 1.24 bits per heavy atom. The number of nitrogens with one attached hydrogen (secondary N) is 1. The maximum absolute atomic E-state index is 5.97. The molecule has 1 aromatic carbocycles. The fraction of sp³-hybridized carbons (Fsp3) is 0.571. The van der Waals surface area contributed by atoms with Gasteiger partial charge in [-0.1, -0.05) is 36.9 Å². The molecule has 0 amide bonds. The van der Waals surface area contributed by atoms with E-state index in [0.29, 0.717) is 0 Å². The highest BCUT2D eigenvalue weighted by Gasteiger charge is 2.12. The molecule has 1 aromatic rings. The van der Waals surface area contributed by atoms with Crippen molar-refractivity contribution in [2.24, 2.45) is 5.92 Å². The first-order chi connectivity index (χ1) is 8.25. The van der Waals surface area contributed by atoms with E-state index < -0.39 is 0 Å². The van der Waals surface area contributed by atoms with Crippen molar-refractivity contribution in [3.05, 3.63) is 33.3 Å². The maximum atomic E-state index is 5.97. The van der Waals surface area contributed by atoms with Gasteiger partial charge in [0.15, 0.2) is 0 Å². The highest BCUT2D eigenvalue weighted by molar-refractivity contribution is 9.10. The summed E-state index contributed by atoms with van der Waals surface area (Å²) in [4.78, 5) is 0. The maximum Gasteiger partial charge on any atom is 0.0548 e. The van der Waals surface area contributed by atoms with Crippen molar-refractivity contribution in [2.45, 2.75) is 38.6 Å². The molecule has 0 spiro atoms. The molecule has 0 saturated heterocycles. The van der Waals surface area contributed by atoms with E-state index in [0.717, 1.165) is 28.5 Å². The Bertz CT molecular complexity index is 361. The van der Waals surface area contributed by atoms with E-state index in [-0.39, 0.29) is 0 Å². The molecule has 1 aliphatic rings. The zero-order chi connectivity index (χ0) is 12.1. The largest absolute Gasteiger partial charge is 0.312 e. The third-order valence-electron chi connectivity index (χ3n) is 3.47. The normalized spacial score (nSPS) is 17.3. The summed E-state index contributed by atoms with van der Waals surface area (Å²) in [7, 11) is 0. The van der Waals surface area contributed by atoms with Crippen LogP contribution in [-0.2, 0) is 6.54 Å². The van der Waals surface area contributed by atoms with Crippen molar-refractivity contribution < 1.29 is 0 Å². The van der Waals surface area contributed by atoms with Crippen LogP contribution in [0.2, 0.25) is 5.02 Å². The lowest BCUT2D eigenvalue weighted by Crippen LogP contribution is -2.24. The molecular weight excluding hydrogens is 298 g/mol. The van der Waals surface area contributed by atoms with Crippen molar-refractivity contribution in [1.29, 1.82) is 0 Å². The lowest BCUT2D eigenvalue weighted by molar-refractivity contribution is 0.342. The molecule has 0 aliphatic heterocycles. The molecule has 0 atom stereocenters. The molecule has 1 N–H and O–H groups in total. The molecule has 17 heavy (non-hydrogen) atoms. The molecule has 0 heterocycles. The molecule has 1 aliphatic carbocycles. The first-order valence-electron chi connectivity index (χ1n) is 6.40. The highest BCUT2D eigenvalue weighted by atomic mass is 79.9. The standard InChI is InChI=1S/C14H19BrClN/c15-13-8-12(6-7-14(13)16)10-17-9-11-4-2-1-3-5-11/h6-8,11,17H,1-5,9-10H2. The van der Waals surface area contributed by atoms with E-state index >= 15 is 0 Å². The molecular formula is C14H19BrClN. The lowest BCUT2D eigenvalue weighted by atomic mass is 9.89. The van der Waals surface area contributed by atoms with E-state index in [9.17, 15) is 0 Å². The number of rotatable bonds is 4. The predicted octanol–water partition coefficient (Wildman–Crippen LogP) is 4.77. The number of hydrogen-bond acceptors (Lipinski definition) is 1. The van der Waals surface area contributed by atoms with Gasteiger partial charge in [0.05, 0.1) is 5.02 Å². The Hall–Kier alpha value is -0.0500. The number of hydrogen-bond donors (Lipinski definition) is 1. The number of halogens is 2. The summed E-state index contributed by atoms with van der Waals surface area (Å²) in [5, 5.41) is 4.33. The molecule has 94 valence electrons. The molecule has 0 aromatic heterocycles. The van der Waals surface area contributed by atoms with Crippen LogP contribution in [0.1, 0.15) is 37.7 Å². The molecule has 0 bridgehead atoms. The van der Waals surface area contributed by atoms with Gasteiger partial charge in [0.1, 0.15) is 0 Å². The fourth-order valence-electron chi connectivity index (χ4n) is 2.46. The van der Waals surface area contributed by atoms with Crippen LogP contribution >= 0.6 is 27.5 Å². The summed E-state index contributed by atoms with van der Waals surface area (Å²) in [6, 6.07) is 6.13. The van der Waals surface area contributed by atoms with Gasteiger partial charge in [0.25, 0.3) is 0 Å². The molecule has 1 nitrogen and oxygen atoms in total. The van der Waals surface area contributed by atoms with Gasteiger partial charge in [-0.25, -0.2) is 0 Å². The van der Waals surface area contributed by atoms with Crippen molar-refractivity contribution in [3.8, 4) is 0 Å². The topological polar surface area (TPSA) is 12.0 Å². The second-order valence-electron chi connectivity index (χ2n) is 4.88. The average Bonchev–Trinajstić information content (AvgIpc) is 2.35. The van der Waals surface area contributed by atoms with Gasteiger partial charge >= 0.3 is 0 Å². The Labute approximate surface area is 117 Å². The van der Waals surface area contributed by atoms with Gasteiger partial charge in [-0.15, -0.1) is 0 Å². The van der Waals surface area contributed by atoms with Crippen LogP contribution < -0.4 is 5.32 Å². The van der Waals surface area contributed by atoms with Crippen LogP contribution in [0.25, 0.3) is 0 Å². The van der Waals surface area contributed by atoms with E-state index in [1.165, 1.54) is 37.7 Å². The summed E-state index contributed by atoms with van der Waals surface area (Å²) in [5.74, 6) is 0.888. The molecule has 0 radical (unpaired) electrons. The Balaban J connectivity index is 1.75. The number of benzene rings is 1. The average molecular weight is 317 g/mol. The summed E-state index contributed by atoms with van der Waals surface area (Å²) >= 11 is 9.42. The monoisotopic (exact) mass is 315 g/mol. The zero-order valence-corrected chi connectivity index (χ0v) is 12.4. The minimum Gasteiger partial charge on any atom is -0.312 e. The van der Waals surface area contributed by atoms with Crippen molar-refractivity contribution in [2.75, 3.05) is 6.54 Å². The van der Waals surface area contributed by atoms with Gasteiger partial charge in [-0.2, -0.15) is 0 Å². The van der Waals surface area contributed by atoms with Crippen molar-refractivity contribution in [3.63, 3.8) is 0 Å². The van der Waals surface area contributed by atoms with Crippen LogP contribution in [-0.4, -0.2) is 6.54 Å². The second kappa shape index (κ2) is 6.77. The van der Waals surface area contributed by atoms with Gasteiger partial charge in [0, 0.05) is 11.0 Å². The summed E-state index contributed by atoms with van der Waals surface area (Å²) in [6.07, 6.45) is 7.06. The fourth-order valence-corrected chi connectivity index (χ4v) is 3.01. The van der Waals surface area contributed by atoms with Gasteiger partial charge in [-0.3, -0.25) is 0 Å². The van der Waals surface area contributed by atoms with Gasteiger partial charge in [-0.05, 0) is 58.9 Å². The van der Waals surface area contributed by atoms with Crippen LogP contribution in [0.3, 0.4) is 0 Å². The Morgan fingerprint density at radius 2 is 2.00 bits per heavy atom. The van der Waals surface area contributed by atoms with E-state index in [4.69, 9.17) is 11.6 Å². The Kier molecular flexibility index (Phi) is 5.33. The van der Waals surface area contributed by atoms with E-state index in [1.54, 1.807) is 0 Å². The molecule has 3 heteroatoms. The zero-order valence-electron chi connectivity index (χ0n) is 10.0. The minimum absolute atomic E-state index is 0.779. The second-order valence-corrected chi connectivity index (χ2v) is 6.14. The highest BCUT2D eigenvalue weighted by Crippen LogP contribution is 2.24. The van der Waals surface area contributed by atoms with E-state index in [2.05, 4.69) is 33.4 Å².